The summed E-state index contributed by atoms with van der Waals surface area (Å²) in [6, 6.07) is 3.94. The van der Waals surface area contributed by atoms with Crippen molar-refractivity contribution in [2.24, 2.45) is 4.99 Å². The molecule has 0 atom stereocenters. The van der Waals surface area contributed by atoms with E-state index in [4.69, 9.17) is 4.74 Å². The van der Waals surface area contributed by atoms with Crippen LogP contribution in [0.1, 0.15) is 31.7 Å². The van der Waals surface area contributed by atoms with E-state index in [-0.39, 0.29) is 24.0 Å². The second kappa shape index (κ2) is 12.3. The van der Waals surface area contributed by atoms with Gasteiger partial charge in [-0.05, 0) is 44.5 Å². The molecule has 1 aliphatic heterocycles. The number of aromatic nitrogens is 1. The molecule has 24 heavy (non-hydrogen) atoms. The van der Waals surface area contributed by atoms with Gasteiger partial charge in [0.05, 0.1) is 6.61 Å². The molecule has 2 heterocycles. The van der Waals surface area contributed by atoms with Gasteiger partial charge in [-0.1, -0.05) is 6.42 Å². The Labute approximate surface area is 162 Å². The van der Waals surface area contributed by atoms with Crippen molar-refractivity contribution in [3.8, 4) is 5.88 Å². The zero-order chi connectivity index (χ0) is 16.3. The molecule has 0 radical (unpaired) electrons. The summed E-state index contributed by atoms with van der Waals surface area (Å²) in [6.07, 6.45) is 5.81. The SMILES string of the molecule is CCOc1cc(CNC(=NC)NCCN2CCCCC2)ccn1.I. The zero-order valence-corrected chi connectivity index (χ0v) is 17.1. The average molecular weight is 447 g/mol. The van der Waals surface area contributed by atoms with Crippen LogP contribution in [0.15, 0.2) is 23.3 Å². The minimum absolute atomic E-state index is 0. The molecule has 1 aromatic rings. The average Bonchev–Trinajstić information content (AvgIpc) is 2.59. The van der Waals surface area contributed by atoms with Gasteiger partial charge in [0.15, 0.2) is 5.96 Å². The van der Waals surface area contributed by atoms with E-state index in [1.807, 2.05) is 19.1 Å². The van der Waals surface area contributed by atoms with E-state index in [9.17, 15) is 0 Å². The monoisotopic (exact) mass is 447 g/mol. The molecule has 1 aliphatic rings. The molecule has 1 saturated heterocycles. The number of likely N-dealkylation sites (tertiary alicyclic amines) is 1. The van der Waals surface area contributed by atoms with E-state index in [0.717, 1.165) is 24.6 Å². The highest BCUT2D eigenvalue weighted by Crippen LogP contribution is 2.09. The Kier molecular flexibility index (Phi) is 10.7. The van der Waals surface area contributed by atoms with Gasteiger partial charge >= 0.3 is 0 Å². The van der Waals surface area contributed by atoms with Crippen molar-refractivity contribution in [1.82, 2.24) is 20.5 Å². The quantitative estimate of drug-likeness (QED) is 0.382. The zero-order valence-electron chi connectivity index (χ0n) is 14.8. The van der Waals surface area contributed by atoms with Gasteiger partial charge in [-0.2, -0.15) is 0 Å². The molecule has 7 heteroatoms. The number of rotatable bonds is 7. The first-order valence-corrected chi connectivity index (χ1v) is 8.56. The van der Waals surface area contributed by atoms with E-state index in [1.165, 1.54) is 32.4 Å². The summed E-state index contributed by atoms with van der Waals surface area (Å²) in [5.41, 5.74) is 1.13. The van der Waals surface area contributed by atoms with Gasteiger partial charge in [0, 0.05) is 38.9 Å². The summed E-state index contributed by atoms with van der Waals surface area (Å²) in [5, 5.41) is 6.71. The number of hydrogen-bond acceptors (Lipinski definition) is 4. The fourth-order valence-electron chi connectivity index (χ4n) is 2.71. The highest BCUT2D eigenvalue weighted by Gasteiger charge is 2.09. The van der Waals surface area contributed by atoms with E-state index in [0.29, 0.717) is 19.0 Å². The molecule has 0 unspecified atom stereocenters. The number of halogens is 1. The number of nitrogens with zero attached hydrogens (tertiary/aromatic N) is 3. The van der Waals surface area contributed by atoms with Gasteiger partial charge in [0.1, 0.15) is 0 Å². The number of piperidine rings is 1. The molecule has 0 aliphatic carbocycles. The Morgan fingerprint density at radius 3 is 2.79 bits per heavy atom. The molecule has 0 saturated carbocycles. The second-order valence-corrected chi connectivity index (χ2v) is 5.69. The molecule has 0 aromatic carbocycles. The first kappa shape index (κ1) is 21.0. The lowest BCUT2D eigenvalue weighted by molar-refractivity contribution is 0.232. The van der Waals surface area contributed by atoms with Crippen LogP contribution in [0, 0.1) is 0 Å². The van der Waals surface area contributed by atoms with Crippen LogP contribution in [0.25, 0.3) is 0 Å². The molecule has 136 valence electrons. The van der Waals surface area contributed by atoms with Gasteiger partial charge in [0.25, 0.3) is 0 Å². The van der Waals surface area contributed by atoms with Crippen LogP contribution in [-0.4, -0.2) is 55.7 Å². The molecule has 6 nitrogen and oxygen atoms in total. The minimum Gasteiger partial charge on any atom is -0.478 e. The van der Waals surface area contributed by atoms with Crippen molar-refractivity contribution in [2.75, 3.05) is 39.8 Å². The smallest absolute Gasteiger partial charge is 0.213 e. The third-order valence-corrected chi connectivity index (χ3v) is 3.94. The van der Waals surface area contributed by atoms with Crippen LogP contribution in [0.3, 0.4) is 0 Å². The number of hydrogen-bond donors (Lipinski definition) is 2. The largest absolute Gasteiger partial charge is 0.478 e. The second-order valence-electron chi connectivity index (χ2n) is 5.69. The van der Waals surface area contributed by atoms with Crippen LogP contribution < -0.4 is 15.4 Å². The molecule has 0 amide bonds. The lowest BCUT2D eigenvalue weighted by Gasteiger charge is -2.26. The number of ether oxygens (including phenoxy) is 1. The van der Waals surface area contributed by atoms with Crippen molar-refractivity contribution in [1.29, 1.82) is 0 Å². The molecule has 1 aromatic heterocycles. The molecule has 0 bridgehead atoms. The summed E-state index contributed by atoms with van der Waals surface area (Å²) in [7, 11) is 1.80. The first-order chi connectivity index (χ1) is 11.3. The first-order valence-electron chi connectivity index (χ1n) is 8.56. The normalized spacial score (nSPS) is 15.5. The summed E-state index contributed by atoms with van der Waals surface area (Å²) < 4.78 is 5.42. The fraction of sp³-hybridized carbons (Fsp3) is 0.647. The van der Waals surface area contributed by atoms with Gasteiger partial charge in [-0.3, -0.25) is 4.99 Å². The minimum atomic E-state index is 0. The standard InChI is InChI=1S/C17H29N5O.HI/c1-3-23-16-13-15(7-8-19-16)14-21-17(18-2)20-9-12-22-10-5-4-6-11-22;/h7-8,13H,3-6,9-12,14H2,1-2H3,(H2,18,20,21);1H. The molecule has 1 fully saturated rings. The van der Waals surface area contributed by atoms with Crippen LogP contribution >= 0.6 is 24.0 Å². The molecular weight excluding hydrogens is 417 g/mol. The lowest BCUT2D eigenvalue weighted by atomic mass is 10.1. The Hall–Kier alpha value is -1.09. The topological polar surface area (TPSA) is 61.8 Å². The van der Waals surface area contributed by atoms with Crippen molar-refractivity contribution in [2.45, 2.75) is 32.7 Å². The maximum atomic E-state index is 5.42. The summed E-state index contributed by atoms with van der Waals surface area (Å²) in [4.78, 5) is 11.0. The molecule has 2 rings (SSSR count). The van der Waals surface area contributed by atoms with Crippen LogP contribution in [0.4, 0.5) is 0 Å². The third kappa shape index (κ3) is 7.65. The highest BCUT2D eigenvalue weighted by atomic mass is 127. The van der Waals surface area contributed by atoms with Crippen molar-refractivity contribution in [3.05, 3.63) is 23.9 Å². The van der Waals surface area contributed by atoms with E-state index in [1.54, 1.807) is 13.2 Å². The lowest BCUT2D eigenvalue weighted by Crippen LogP contribution is -2.42. The predicted molar refractivity (Wildman–Crippen MR) is 109 cm³/mol. The van der Waals surface area contributed by atoms with Gasteiger partial charge < -0.3 is 20.3 Å². The van der Waals surface area contributed by atoms with Crippen molar-refractivity contribution < 1.29 is 4.74 Å². The Balaban J connectivity index is 0.00000288. The van der Waals surface area contributed by atoms with E-state index >= 15 is 0 Å². The maximum absolute atomic E-state index is 5.42. The number of aliphatic imine (C=N–C) groups is 1. The molecule has 0 spiro atoms. The predicted octanol–water partition coefficient (Wildman–Crippen LogP) is 2.25. The van der Waals surface area contributed by atoms with Gasteiger partial charge in [-0.15, -0.1) is 24.0 Å². The summed E-state index contributed by atoms with van der Waals surface area (Å²) >= 11 is 0. The van der Waals surface area contributed by atoms with Crippen LogP contribution in [0.5, 0.6) is 5.88 Å². The van der Waals surface area contributed by atoms with Gasteiger partial charge in [0.2, 0.25) is 5.88 Å². The third-order valence-electron chi connectivity index (χ3n) is 3.94. The van der Waals surface area contributed by atoms with E-state index < -0.39 is 0 Å². The number of nitrogens with one attached hydrogen (secondary N) is 2. The van der Waals surface area contributed by atoms with Gasteiger partial charge in [-0.25, -0.2) is 4.98 Å². The Bertz CT molecular complexity index is 492. The Morgan fingerprint density at radius 2 is 2.08 bits per heavy atom. The van der Waals surface area contributed by atoms with Crippen LogP contribution in [0.2, 0.25) is 0 Å². The molecule has 2 N–H and O–H groups in total. The van der Waals surface area contributed by atoms with Crippen molar-refractivity contribution >= 4 is 29.9 Å². The number of pyridine rings is 1. The maximum Gasteiger partial charge on any atom is 0.213 e. The highest BCUT2D eigenvalue weighted by molar-refractivity contribution is 14.0. The summed E-state index contributed by atoms with van der Waals surface area (Å²) in [6.45, 7) is 7.73. The van der Waals surface area contributed by atoms with Crippen molar-refractivity contribution in [3.63, 3.8) is 0 Å². The fourth-order valence-corrected chi connectivity index (χ4v) is 2.71. The van der Waals surface area contributed by atoms with E-state index in [2.05, 4.69) is 25.5 Å². The van der Waals surface area contributed by atoms with Crippen LogP contribution in [-0.2, 0) is 6.54 Å². The Morgan fingerprint density at radius 1 is 1.29 bits per heavy atom. The number of guanidine groups is 1. The summed E-state index contributed by atoms with van der Waals surface area (Å²) in [5.74, 6) is 1.50. The molecular formula is C17H30IN5O.